The molecule has 1 aliphatic rings. The van der Waals surface area contributed by atoms with E-state index in [1.807, 2.05) is 0 Å². The number of nitro benzene ring substituents is 1. The van der Waals surface area contributed by atoms with Crippen LogP contribution in [-0.4, -0.2) is 31.3 Å². The number of hydrogen-bond acceptors (Lipinski definition) is 6. The number of nitro groups is 1. The lowest BCUT2D eigenvalue weighted by Gasteiger charge is -2.14. The summed E-state index contributed by atoms with van der Waals surface area (Å²) in [5, 5.41) is 21.2. The summed E-state index contributed by atoms with van der Waals surface area (Å²) in [6, 6.07) is 5.56. The summed E-state index contributed by atoms with van der Waals surface area (Å²) >= 11 is 1.03. The normalized spacial score (nSPS) is 13.8. The van der Waals surface area contributed by atoms with Crippen molar-refractivity contribution in [1.29, 1.82) is 0 Å². The van der Waals surface area contributed by atoms with E-state index < -0.39 is 16.9 Å². The summed E-state index contributed by atoms with van der Waals surface area (Å²) in [5.41, 5.74) is 0.511. The van der Waals surface area contributed by atoms with E-state index in [1.54, 1.807) is 6.07 Å². The van der Waals surface area contributed by atoms with Crippen LogP contribution in [0.5, 0.6) is 0 Å². The molecular weight excluding hydrogens is 403 g/mol. The van der Waals surface area contributed by atoms with Crippen LogP contribution in [0.3, 0.4) is 0 Å². The fourth-order valence-electron chi connectivity index (χ4n) is 1.84. The van der Waals surface area contributed by atoms with Crippen LogP contribution < -0.4 is 17.0 Å². The zero-order valence-corrected chi connectivity index (χ0v) is 13.4. The van der Waals surface area contributed by atoms with Crippen molar-refractivity contribution >= 4 is 23.2 Å². The molecule has 0 bridgehead atoms. The van der Waals surface area contributed by atoms with Crippen LogP contribution in [0.4, 0.5) is 18.9 Å². The third-order valence-corrected chi connectivity index (χ3v) is 3.75. The number of nitrogens with zero attached hydrogens (tertiary/aromatic N) is 5. The molecule has 122 valence electrons. The molecule has 0 spiro atoms. The summed E-state index contributed by atoms with van der Waals surface area (Å²) in [7, 11) is 0. The summed E-state index contributed by atoms with van der Waals surface area (Å²) in [6.45, 7) is 0. The van der Waals surface area contributed by atoms with Crippen molar-refractivity contribution in [3.05, 3.63) is 45.8 Å². The highest BCUT2D eigenvalue weighted by molar-refractivity contribution is 7.99. The first-order chi connectivity index (χ1) is 10.4. The average Bonchev–Trinajstić information content (AvgIpc) is 2.90. The van der Waals surface area contributed by atoms with Crippen molar-refractivity contribution in [3.63, 3.8) is 0 Å². The Labute approximate surface area is 141 Å². The first-order valence-corrected chi connectivity index (χ1v) is 6.83. The van der Waals surface area contributed by atoms with Gasteiger partial charge in [-0.15, -0.1) is 10.2 Å². The standard InChI is InChI=1S/C11H6F3N5O2S.BrH/c12-11(13,14)9-15-16-10-18(9)17-8(5-22-10)6-2-1-3-7(4-6)19(20)21;/h1-4H,5H2;1H/p-1. The molecule has 1 aromatic heterocycles. The highest BCUT2D eigenvalue weighted by atomic mass is 79.9. The Morgan fingerprint density at radius 2 is 2.04 bits per heavy atom. The molecule has 0 saturated carbocycles. The molecule has 0 amide bonds. The maximum atomic E-state index is 12.8. The summed E-state index contributed by atoms with van der Waals surface area (Å²) in [4.78, 5) is 10.2. The van der Waals surface area contributed by atoms with E-state index in [-0.39, 0.29) is 39.3 Å². The molecule has 0 N–H and O–H groups in total. The van der Waals surface area contributed by atoms with Crippen molar-refractivity contribution in [2.24, 2.45) is 5.10 Å². The molecule has 0 fully saturated rings. The Balaban J connectivity index is 0.00000192. The SMILES string of the molecule is O=[N+]([O-])c1cccc(C2=Nn3c(nnc3C(F)(F)F)SC2)c1.[Br-]. The second kappa shape index (κ2) is 6.28. The number of non-ortho nitro benzene ring substituents is 1. The van der Waals surface area contributed by atoms with Crippen molar-refractivity contribution in [2.75, 3.05) is 5.75 Å². The van der Waals surface area contributed by atoms with Crippen LogP contribution in [0.1, 0.15) is 11.4 Å². The van der Waals surface area contributed by atoms with Gasteiger partial charge in [0.05, 0.1) is 10.6 Å². The van der Waals surface area contributed by atoms with Crippen molar-refractivity contribution < 1.29 is 35.1 Å². The number of rotatable bonds is 2. The van der Waals surface area contributed by atoms with Crippen LogP contribution >= 0.6 is 11.8 Å². The minimum Gasteiger partial charge on any atom is -1.00 e. The Morgan fingerprint density at radius 1 is 1.30 bits per heavy atom. The lowest BCUT2D eigenvalue weighted by Crippen LogP contribution is -3.00. The lowest BCUT2D eigenvalue weighted by molar-refractivity contribution is -0.384. The van der Waals surface area contributed by atoms with E-state index in [9.17, 15) is 23.3 Å². The predicted octanol–water partition coefficient (Wildman–Crippen LogP) is -0.433. The van der Waals surface area contributed by atoms with Gasteiger partial charge in [-0.05, 0) is 0 Å². The predicted molar refractivity (Wildman–Crippen MR) is 70.8 cm³/mol. The van der Waals surface area contributed by atoms with E-state index in [1.165, 1.54) is 18.2 Å². The van der Waals surface area contributed by atoms with Gasteiger partial charge < -0.3 is 17.0 Å². The molecule has 0 aliphatic carbocycles. The third-order valence-electron chi connectivity index (χ3n) is 2.81. The number of alkyl halides is 3. The maximum absolute atomic E-state index is 12.8. The van der Waals surface area contributed by atoms with Gasteiger partial charge in [0, 0.05) is 23.4 Å². The van der Waals surface area contributed by atoms with E-state index in [0.29, 0.717) is 10.2 Å². The molecule has 0 radical (unpaired) electrons. The van der Waals surface area contributed by atoms with Gasteiger partial charge in [0.2, 0.25) is 5.16 Å². The number of hydrogen-bond donors (Lipinski definition) is 0. The molecule has 23 heavy (non-hydrogen) atoms. The van der Waals surface area contributed by atoms with Crippen molar-refractivity contribution in [2.45, 2.75) is 11.3 Å². The number of halogens is 4. The second-order valence-electron chi connectivity index (χ2n) is 4.26. The van der Waals surface area contributed by atoms with Crippen molar-refractivity contribution in [3.8, 4) is 0 Å². The van der Waals surface area contributed by atoms with Crippen LogP contribution in [0.2, 0.25) is 0 Å². The Hall–Kier alpha value is -1.95. The number of thioether (sulfide) groups is 1. The number of benzene rings is 1. The quantitative estimate of drug-likeness (QED) is 0.497. The molecule has 3 rings (SSSR count). The average molecular weight is 409 g/mol. The third kappa shape index (κ3) is 3.37. The van der Waals surface area contributed by atoms with Crippen molar-refractivity contribution in [1.82, 2.24) is 14.9 Å². The van der Waals surface area contributed by atoms with Crippen LogP contribution in [-0.2, 0) is 6.18 Å². The molecule has 1 aromatic carbocycles. The van der Waals surface area contributed by atoms with Crippen LogP contribution in [0.25, 0.3) is 0 Å². The first kappa shape index (κ1) is 17.4. The molecule has 12 heteroatoms. The molecule has 1 aliphatic heterocycles. The molecule has 7 nitrogen and oxygen atoms in total. The van der Waals surface area contributed by atoms with Gasteiger partial charge >= 0.3 is 6.18 Å². The lowest BCUT2D eigenvalue weighted by atomic mass is 10.1. The molecule has 2 aromatic rings. The fraction of sp³-hybridized carbons (Fsp3) is 0.182. The summed E-state index contributed by atoms with van der Waals surface area (Å²) in [6.07, 6.45) is -4.68. The zero-order chi connectivity index (χ0) is 15.9. The van der Waals surface area contributed by atoms with E-state index in [0.717, 1.165) is 11.8 Å². The second-order valence-corrected chi connectivity index (χ2v) is 5.20. The zero-order valence-electron chi connectivity index (χ0n) is 11.0. The maximum Gasteiger partial charge on any atom is 0.453 e. The Kier molecular flexibility index (Phi) is 4.75. The van der Waals surface area contributed by atoms with E-state index >= 15 is 0 Å². The first-order valence-electron chi connectivity index (χ1n) is 5.84. The van der Waals surface area contributed by atoms with Gasteiger partial charge in [0.15, 0.2) is 0 Å². The topological polar surface area (TPSA) is 86.2 Å². The summed E-state index contributed by atoms with van der Waals surface area (Å²) < 4.78 is 39.1. The Bertz CT molecular complexity index is 792. The molecule has 0 unspecified atom stereocenters. The van der Waals surface area contributed by atoms with Gasteiger partial charge in [0.1, 0.15) is 0 Å². The van der Waals surface area contributed by atoms with E-state index in [2.05, 4.69) is 15.3 Å². The van der Waals surface area contributed by atoms with Gasteiger partial charge in [-0.3, -0.25) is 10.1 Å². The highest BCUT2D eigenvalue weighted by Gasteiger charge is 2.40. The van der Waals surface area contributed by atoms with Gasteiger partial charge in [-0.2, -0.15) is 22.9 Å². The molecule has 0 atom stereocenters. The molecule has 0 saturated heterocycles. The van der Waals surface area contributed by atoms with Gasteiger partial charge in [-0.1, -0.05) is 23.9 Å². The largest absolute Gasteiger partial charge is 1.00 e. The highest BCUT2D eigenvalue weighted by Crippen LogP contribution is 2.32. The number of fused-ring (bicyclic) bond motifs is 1. The summed E-state index contributed by atoms with van der Waals surface area (Å²) in [5.74, 6) is -0.977. The van der Waals surface area contributed by atoms with Gasteiger partial charge in [-0.25, -0.2) is 0 Å². The molecular formula is C11H6BrF3N5O2S-. The fourth-order valence-corrected chi connectivity index (χ4v) is 2.68. The minimum atomic E-state index is -4.68. The molecule has 2 heterocycles. The van der Waals surface area contributed by atoms with E-state index in [4.69, 9.17) is 0 Å². The number of aromatic nitrogens is 3. The smallest absolute Gasteiger partial charge is 0.453 e. The van der Waals surface area contributed by atoms with Crippen LogP contribution in [0.15, 0.2) is 34.5 Å². The van der Waals surface area contributed by atoms with Crippen LogP contribution in [0, 0.1) is 10.1 Å². The monoisotopic (exact) mass is 408 g/mol. The minimum absolute atomic E-state index is 0. The van der Waals surface area contributed by atoms with Gasteiger partial charge in [0.25, 0.3) is 11.5 Å². The Morgan fingerprint density at radius 3 is 2.70 bits per heavy atom.